The van der Waals surface area contributed by atoms with Gasteiger partial charge in [-0.3, -0.25) is 15.0 Å². The Bertz CT molecular complexity index is 3510. The molecule has 12 aromatic rings. The van der Waals surface area contributed by atoms with Crippen LogP contribution in [0.4, 0.5) is 0 Å². The van der Waals surface area contributed by atoms with E-state index in [0.717, 1.165) is 11.2 Å². The van der Waals surface area contributed by atoms with Crippen molar-refractivity contribution in [3.05, 3.63) is 271 Å². The smallest absolute Gasteiger partial charge is 0.139 e. The molecule has 1 aromatic carbocycles. The molecule has 11 aromatic heterocycles. The van der Waals surface area contributed by atoms with Crippen molar-refractivity contribution in [1.82, 2.24) is 47.2 Å². The van der Waals surface area contributed by atoms with Gasteiger partial charge in [-0.1, -0.05) is 24.3 Å². The molecule has 0 fully saturated rings. The van der Waals surface area contributed by atoms with Gasteiger partial charge in [-0.05, 0) is 150 Å². The van der Waals surface area contributed by atoms with Crippen LogP contribution in [-0.4, -0.2) is 47.2 Å². The number of aryl methyl sites for hydroxylation is 12. The first kappa shape index (κ1) is 79.0. The van der Waals surface area contributed by atoms with Gasteiger partial charge in [-0.15, -0.1) is 41.5 Å². The second-order valence-electron chi connectivity index (χ2n) is 21.0. The largest absolute Gasteiger partial charge is 0.391 e. The Balaban J connectivity index is 0.000000493. The van der Waals surface area contributed by atoms with Crippen molar-refractivity contribution >= 4 is 60.3 Å². The Hall–Kier alpha value is -5.97. The molecule has 0 N–H and O–H groups in total. The molecular weight excluding hydrogens is 1300 g/mol. The Labute approximate surface area is 595 Å². The van der Waals surface area contributed by atoms with Crippen LogP contribution < -0.4 is 0 Å². The summed E-state index contributed by atoms with van der Waals surface area (Å²) in [5.74, 6) is 0. The van der Waals surface area contributed by atoms with Crippen molar-refractivity contribution < 1.29 is 98.1 Å². The minimum absolute atomic E-state index is 0. The van der Waals surface area contributed by atoms with Crippen molar-refractivity contribution in [2.75, 3.05) is 0 Å². The van der Waals surface area contributed by atoms with Gasteiger partial charge in [-0.25, -0.2) is 4.98 Å². The number of pyridine rings is 5. The predicted molar refractivity (Wildman–Crippen MR) is 357 cm³/mol. The number of fused-ring (bicyclic) bond motifs is 6. The summed E-state index contributed by atoms with van der Waals surface area (Å²) in [5.41, 5.74) is 21.7. The van der Waals surface area contributed by atoms with E-state index >= 15 is 0 Å². The number of hydrogen-bond acceptors (Lipinski definition) is 4. The normalized spacial score (nSPS) is 9.72. The molecule has 0 saturated heterocycles. The Morgan fingerprint density at radius 1 is 0.356 bits per heavy atom. The van der Waals surface area contributed by atoms with Gasteiger partial charge >= 0.3 is 0 Å². The molecule has 0 amide bonds. The zero-order chi connectivity index (χ0) is 62.5. The fourth-order valence-corrected chi connectivity index (χ4v) is 8.04. The molecule has 3 radical (unpaired) electrons. The van der Waals surface area contributed by atoms with Crippen LogP contribution in [0.15, 0.2) is 192 Å². The molecule has 0 unspecified atom stereocenters. The second-order valence-corrected chi connectivity index (χ2v) is 21.0. The van der Waals surface area contributed by atoms with Gasteiger partial charge in [0.25, 0.3) is 0 Å². The third-order valence-corrected chi connectivity index (χ3v) is 14.5. The molecule has 0 spiro atoms. The molecule has 0 saturated carbocycles. The summed E-state index contributed by atoms with van der Waals surface area (Å²) in [6.07, 6.45) is 15.3. The number of rotatable bonds is 3. The summed E-state index contributed by atoms with van der Waals surface area (Å²) in [4.78, 5) is 16.6. The van der Waals surface area contributed by atoms with Crippen LogP contribution in [0.2, 0.25) is 0 Å². The molecule has 12 rings (SSSR count). The molecule has 0 aliphatic carbocycles. The summed E-state index contributed by atoms with van der Waals surface area (Å²) >= 11 is 0. The van der Waals surface area contributed by atoms with Crippen molar-refractivity contribution in [3.8, 4) is 0 Å². The average molecular weight is 1380 g/mol. The fourth-order valence-electron chi connectivity index (χ4n) is 8.04. The van der Waals surface area contributed by atoms with Gasteiger partial charge in [0.2, 0.25) is 0 Å². The van der Waals surface area contributed by atoms with Crippen molar-refractivity contribution in [2.24, 2.45) is 35.2 Å². The maximum Gasteiger partial charge on any atom is 0.139 e. The van der Waals surface area contributed by atoms with E-state index in [2.05, 4.69) is 215 Å². The topological polar surface area (TPSA) is 80.6 Å². The fraction of sp³-hybridized carbons (Fsp3) is 0.243. The summed E-state index contributed by atoms with van der Waals surface area (Å²) < 4.78 is 12.9. The Morgan fingerprint density at radius 2 is 0.747 bits per heavy atom. The van der Waals surface area contributed by atoms with Gasteiger partial charge in [0, 0.05) is 232 Å². The molecule has 11 heterocycles. The van der Waals surface area contributed by atoms with E-state index in [1.54, 1.807) is 41.5 Å². The number of hydrogen-bond donors (Lipinski definition) is 0. The monoisotopic (exact) mass is 1380 g/mol. The van der Waals surface area contributed by atoms with E-state index in [0.29, 0.717) is 33.4 Å². The first-order chi connectivity index (χ1) is 39.7. The van der Waals surface area contributed by atoms with E-state index in [9.17, 15) is 0 Å². The number of allylic oxidation sites excluding steroid dienone is 6. The first-order valence-electron chi connectivity index (χ1n) is 27.7. The van der Waals surface area contributed by atoms with Gasteiger partial charge in [0.1, 0.15) is 5.65 Å². The standard InChI is InChI=1S/2C10H11N.4C9H10N2.3C6H8.3Y/c1-8-7-9-5-3-4-6-10(9)11(8)2;1-8-7-11-6-4-3-5-10(11)9(8)2;1-7-5-8-6-10-4-3-9(8)11(7)2;1-7-5-8-3-4-10-6-9(8)11(7)2;1-7-6-8-9(11(7)2)4-3-5-10-8;1-7-6-8-4-3-5-10-9(8)11(7)2;3*1-5(2)6(3)4;;;/h2*3-7H,1-2H3;4*3-6H,1-2H3;3*1,3H,2,4H3;;;/q;;;;;;3*-2;;;. The second kappa shape index (κ2) is 38.4. The summed E-state index contributed by atoms with van der Waals surface area (Å²) in [6, 6.07) is 37.6. The average Bonchev–Trinajstić information content (AvgIpc) is 2.94. The van der Waals surface area contributed by atoms with Crippen LogP contribution in [0.5, 0.6) is 0 Å². The third-order valence-electron chi connectivity index (χ3n) is 14.5. The first-order valence-corrected chi connectivity index (χ1v) is 27.7. The predicted octanol–water partition coefficient (Wildman–Crippen LogP) is 17.8. The minimum Gasteiger partial charge on any atom is -0.391 e. The molecule has 0 aliphatic rings. The van der Waals surface area contributed by atoms with Gasteiger partial charge in [-0.2, -0.15) is 0 Å². The zero-order valence-corrected chi connectivity index (χ0v) is 63.2. The van der Waals surface area contributed by atoms with Crippen LogP contribution in [-0.2, 0) is 133 Å². The maximum atomic E-state index is 5.19. The third kappa shape index (κ3) is 23.5. The van der Waals surface area contributed by atoms with Crippen LogP contribution >= 0.6 is 0 Å². The molecular formula is C74H86N10Y3-6. The molecule has 87 heavy (non-hydrogen) atoms. The van der Waals surface area contributed by atoms with Crippen LogP contribution in [0, 0.1) is 87.9 Å². The maximum absolute atomic E-state index is 5.19. The van der Waals surface area contributed by atoms with Gasteiger partial charge in [0.15, 0.2) is 0 Å². The summed E-state index contributed by atoms with van der Waals surface area (Å²) in [6.45, 7) is 56.6. The van der Waals surface area contributed by atoms with E-state index in [-0.39, 0.29) is 98.1 Å². The van der Waals surface area contributed by atoms with Crippen LogP contribution in [0.25, 0.3) is 60.3 Å². The number of benzene rings is 1. The van der Waals surface area contributed by atoms with E-state index in [1.165, 1.54) is 88.7 Å². The number of aromatic nitrogens is 10. The molecule has 13 heteroatoms. The quantitative estimate of drug-likeness (QED) is 0.130. The number of nitrogens with zero attached hydrogens (tertiary/aromatic N) is 10. The van der Waals surface area contributed by atoms with E-state index in [1.807, 2.05) is 74.6 Å². The summed E-state index contributed by atoms with van der Waals surface area (Å²) in [5, 5.41) is 5.02. The zero-order valence-electron chi connectivity index (χ0n) is 54.7. The van der Waals surface area contributed by atoms with E-state index in [4.69, 9.17) is 39.5 Å². The molecule has 10 nitrogen and oxygen atoms in total. The van der Waals surface area contributed by atoms with Gasteiger partial charge in [0.05, 0.1) is 28.3 Å². The molecule has 0 bridgehead atoms. The van der Waals surface area contributed by atoms with Crippen molar-refractivity contribution in [2.45, 2.75) is 90.0 Å². The summed E-state index contributed by atoms with van der Waals surface area (Å²) in [7, 11) is 10.3. The van der Waals surface area contributed by atoms with Crippen LogP contribution in [0.3, 0.4) is 0 Å². The minimum atomic E-state index is 0. The van der Waals surface area contributed by atoms with Crippen LogP contribution in [0.1, 0.15) is 81.1 Å². The SMILES string of the molecule is Cc1cc2ccccc2n1C.Cc1cc2cccnc2n1C.Cc1cc2ccncc2n1C.Cc1cc2cnccc2n1C.Cc1cc2ncccc2n1C.Cc1cn2ccccc2c1C.[CH-]=C(C)C(=[CH-])C.[CH-]=C(C)C(=[CH-])C.[CH-]=C(C)C(=[CH-])C.[Y].[Y].[Y]. The number of para-hydroxylation sites is 1. The molecule has 0 atom stereocenters. The Morgan fingerprint density at radius 3 is 1.25 bits per heavy atom. The van der Waals surface area contributed by atoms with Crippen molar-refractivity contribution in [1.29, 1.82) is 0 Å². The Kier molecular flexibility index (Phi) is 34.9. The molecule has 447 valence electrons. The molecule has 0 aliphatic heterocycles. The van der Waals surface area contributed by atoms with Gasteiger partial charge < -0.3 is 100 Å². The van der Waals surface area contributed by atoms with E-state index < -0.39 is 0 Å². The van der Waals surface area contributed by atoms with Crippen molar-refractivity contribution in [3.63, 3.8) is 0 Å².